The number of esters is 1. The molecule has 0 atom stereocenters. The van der Waals surface area contributed by atoms with Gasteiger partial charge in [-0.15, -0.1) is 0 Å². The highest BCUT2D eigenvalue weighted by atomic mass is 16.6. The van der Waals surface area contributed by atoms with Crippen molar-refractivity contribution in [1.82, 2.24) is 4.57 Å². The highest BCUT2D eigenvalue weighted by molar-refractivity contribution is 5.69. The summed E-state index contributed by atoms with van der Waals surface area (Å²) in [6, 6.07) is 2.12. The van der Waals surface area contributed by atoms with E-state index in [0.29, 0.717) is 6.61 Å². The molecule has 1 rings (SSSR count). The van der Waals surface area contributed by atoms with Crippen LogP contribution in [0, 0.1) is 10.1 Å². The maximum absolute atomic E-state index is 11.5. The van der Waals surface area contributed by atoms with Gasteiger partial charge in [0.25, 0.3) is 11.2 Å². The predicted molar refractivity (Wildman–Crippen MR) is 69.4 cm³/mol. The van der Waals surface area contributed by atoms with Crippen LogP contribution in [0.4, 0.5) is 5.69 Å². The van der Waals surface area contributed by atoms with Crippen LogP contribution in [0.1, 0.15) is 13.3 Å². The average Bonchev–Trinajstić information content (AvgIpc) is 2.40. The van der Waals surface area contributed by atoms with Crippen LogP contribution in [-0.2, 0) is 20.8 Å². The Morgan fingerprint density at radius 3 is 2.75 bits per heavy atom. The van der Waals surface area contributed by atoms with Gasteiger partial charge in [-0.25, -0.2) is 0 Å². The summed E-state index contributed by atoms with van der Waals surface area (Å²) in [6.45, 7) is 2.54. The zero-order valence-electron chi connectivity index (χ0n) is 11.1. The zero-order valence-corrected chi connectivity index (χ0v) is 11.1. The van der Waals surface area contributed by atoms with Gasteiger partial charge in [-0.1, -0.05) is 6.92 Å². The molecular weight excluding hydrogens is 268 g/mol. The first-order valence-corrected chi connectivity index (χ1v) is 6.13. The average molecular weight is 284 g/mol. The summed E-state index contributed by atoms with van der Waals surface area (Å²) in [5.41, 5.74) is -0.765. The number of hydrogen-bond acceptors (Lipinski definition) is 6. The number of carbonyl (C=O) groups excluding carboxylic acids is 1. The fourth-order valence-corrected chi connectivity index (χ4v) is 1.40. The highest BCUT2D eigenvalue weighted by Gasteiger charge is 2.11. The molecule has 0 bridgehead atoms. The van der Waals surface area contributed by atoms with Crippen LogP contribution in [0.2, 0.25) is 0 Å². The monoisotopic (exact) mass is 284 g/mol. The lowest BCUT2D eigenvalue weighted by Gasteiger charge is -2.07. The van der Waals surface area contributed by atoms with E-state index in [0.717, 1.165) is 29.3 Å². The predicted octanol–water partition coefficient (Wildman–Crippen LogP) is 0.726. The molecule has 0 fully saturated rings. The molecule has 0 saturated heterocycles. The van der Waals surface area contributed by atoms with E-state index in [9.17, 15) is 19.7 Å². The first kappa shape index (κ1) is 15.8. The molecule has 1 aromatic rings. The van der Waals surface area contributed by atoms with E-state index >= 15 is 0 Å². The van der Waals surface area contributed by atoms with Crippen molar-refractivity contribution >= 4 is 11.7 Å². The third-order valence-electron chi connectivity index (χ3n) is 2.32. The molecule has 0 amide bonds. The molecule has 0 aromatic carbocycles. The van der Waals surface area contributed by atoms with E-state index in [1.54, 1.807) is 0 Å². The second-order valence-corrected chi connectivity index (χ2v) is 3.94. The summed E-state index contributed by atoms with van der Waals surface area (Å²) >= 11 is 0. The molecule has 0 N–H and O–H groups in total. The van der Waals surface area contributed by atoms with E-state index in [1.807, 2.05) is 6.92 Å². The summed E-state index contributed by atoms with van der Waals surface area (Å²) in [4.78, 5) is 32.9. The normalized spacial score (nSPS) is 10.2. The fraction of sp³-hybridized carbons (Fsp3) is 0.500. The lowest BCUT2D eigenvalue weighted by atomic mass is 10.4. The summed E-state index contributed by atoms with van der Waals surface area (Å²) in [7, 11) is 0. The van der Waals surface area contributed by atoms with Crippen LogP contribution in [0.25, 0.3) is 0 Å². The van der Waals surface area contributed by atoms with Gasteiger partial charge in [-0.3, -0.25) is 24.3 Å². The molecule has 110 valence electrons. The number of ether oxygens (including phenoxy) is 2. The van der Waals surface area contributed by atoms with Crippen molar-refractivity contribution < 1.29 is 19.2 Å². The Morgan fingerprint density at radius 1 is 1.35 bits per heavy atom. The van der Waals surface area contributed by atoms with Crippen LogP contribution in [0.15, 0.2) is 23.1 Å². The first-order valence-electron chi connectivity index (χ1n) is 6.13. The van der Waals surface area contributed by atoms with Gasteiger partial charge in [0.1, 0.15) is 13.2 Å². The third kappa shape index (κ3) is 5.19. The van der Waals surface area contributed by atoms with E-state index in [1.165, 1.54) is 0 Å². The fourth-order valence-electron chi connectivity index (χ4n) is 1.40. The lowest BCUT2D eigenvalue weighted by molar-refractivity contribution is -0.385. The summed E-state index contributed by atoms with van der Waals surface area (Å²) < 4.78 is 10.9. The minimum atomic E-state index is -0.646. The SMILES string of the molecule is CCCOCCOC(=O)Cn1cc([N+](=O)[O-])ccc1=O. The second-order valence-electron chi connectivity index (χ2n) is 3.94. The topological polar surface area (TPSA) is 101 Å². The smallest absolute Gasteiger partial charge is 0.326 e. The van der Waals surface area contributed by atoms with Gasteiger partial charge >= 0.3 is 5.97 Å². The Kier molecular flexibility index (Phi) is 6.38. The summed E-state index contributed by atoms with van der Waals surface area (Å²) in [5.74, 6) is -0.646. The molecule has 0 spiro atoms. The first-order chi connectivity index (χ1) is 9.54. The van der Waals surface area contributed by atoms with Crippen molar-refractivity contribution in [1.29, 1.82) is 0 Å². The van der Waals surface area contributed by atoms with Crippen molar-refractivity contribution in [2.75, 3.05) is 19.8 Å². The highest BCUT2D eigenvalue weighted by Crippen LogP contribution is 2.06. The molecule has 0 radical (unpaired) electrons. The number of pyridine rings is 1. The molecule has 20 heavy (non-hydrogen) atoms. The molecule has 1 heterocycles. The standard InChI is InChI=1S/C12H16N2O6/c1-2-5-19-6-7-20-12(16)9-13-8-10(14(17)18)3-4-11(13)15/h3-4,8H,2,5-7,9H2,1H3. The molecule has 0 unspecified atom stereocenters. The van der Waals surface area contributed by atoms with Crippen LogP contribution in [-0.4, -0.2) is 35.3 Å². The van der Waals surface area contributed by atoms with Crippen LogP contribution in [0.3, 0.4) is 0 Å². The molecule has 0 aliphatic carbocycles. The largest absolute Gasteiger partial charge is 0.462 e. The molecule has 8 heteroatoms. The quantitative estimate of drug-likeness (QED) is 0.302. The number of nitrogens with zero attached hydrogens (tertiary/aromatic N) is 2. The van der Waals surface area contributed by atoms with Gasteiger partial charge in [0.05, 0.1) is 17.7 Å². The number of nitro groups is 1. The number of carbonyl (C=O) groups is 1. The Hall–Kier alpha value is -2.22. The van der Waals surface area contributed by atoms with Gasteiger partial charge in [0, 0.05) is 18.7 Å². The molecule has 0 aliphatic heterocycles. The van der Waals surface area contributed by atoms with Crippen molar-refractivity contribution in [3.63, 3.8) is 0 Å². The summed E-state index contributed by atoms with van der Waals surface area (Å²) in [6.07, 6.45) is 1.88. The van der Waals surface area contributed by atoms with Crippen LogP contribution < -0.4 is 5.56 Å². The molecular formula is C12H16N2O6. The minimum Gasteiger partial charge on any atom is -0.462 e. The molecule has 0 saturated carbocycles. The molecule has 8 nitrogen and oxygen atoms in total. The van der Waals surface area contributed by atoms with Crippen LogP contribution >= 0.6 is 0 Å². The van der Waals surface area contributed by atoms with Gasteiger partial charge in [0.2, 0.25) is 0 Å². The Balaban J connectivity index is 2.51. The van der Waals surface area contributed by atoms with E-state index < -0.39 is 16.5 Å². The summed E-state index contributed by atoms with van der Waals surface area (Å²) in [5, 5.41) is 10.6. The maximum Gasteiger partial charge on any atom is 0.326 e. The number of rotatable bonds is 8. The molecule has 0 aliphatic rings. The number of hydrogen-bond donors (Lipinski definition) is 0. The van der Waals surface area contributed by atoms with Crippen LogP contribution in [0.5, 0.6) is 0 Å². The second kappa shape index (κ2) is 8.05. The lowest BCUT2D eigenvalue weighted by Crippen LogP contribution is -2.25. The minimum absolute atomic E-state index is 0.0858. The van der Waals surface area contributed by atoms with Gasteiger partial charge in [-0.05, 0) is 6.42 Å². The van der Waals surface area contributed by atoms with E-state index in [-0.39, 0.29) is 25.4 Å². The third-order valence-corrected chi connectivity index (χ3v) is 2.32. The zero-order chi connectivity index (χ0) is 15.0. The van der Waals surface area contributed by atoms with Crippen molar-refractivity contribution in [2.24, 2.45) is 0 Å². The Bertz CT molecular complexity index is 525. The van der Waals surface area contributed by atoms with Gasteiger partial charge in [-0.2, -0.15) is 0 Å². The number of aromatic nitrogens is 1. The van der Waals surface area contributed by atoms with E-state index in [4.69, 9.17) is 9.47 Å². The Morgan fingerprint density at radius 2 is 2.10 bits per heavy atom. The maximum atomic E-state index is 11.5. The van der Waals surface area contributed by atoms with Crippen molar-refractivity contribution in [3.8, 4) is 0 Å². The van der Waals surface area contributed by atoms with Gasteiger partial charge < -0.3 is 9.47 Å². The van der Waals surface area contributed by atoms with Crippen molar-refractivity contribution in [3.05, 3.63) is 38.8 Å². The Labute approximate surface area is 115 Å². The van der Waals surface area contributed by atoms with E-state index in [2.05, 4.69) is 0 Å². The molecule has 1 aromatic heterocycles. The van der Waals surface area contributed by atoms with Crippen molar-refractivity contribution in [2.45, 2.75) is 19.9 Å². The van der Waals surface area contributed by atoms with Gasteiger partial charge in [0.15, 0.2) is 0 Å².